The van der Waals surface area contributed by atoms with Crippen LogP contribution in [0.15, 0.2) is 40.9 Å². The van der Waals surface area contributed by atoms with Crippen molar-refractivity contribution >= 4 is 45.6 Å². The highest BCUT2D eigenvalue weighted by molar-refractivity contribution is 9.10. The average Bonchev–Trinajstić information content (AvgIpc) is 3.10. The molecule has 0 saturated carbocycles. The number of aldehydes is 1. The summed E-state index contributed by atoms with van der Waals surface area (Å²) in [6.45, 7) is 10.9. The third-order valence-corrected chi connectivity index (χ3v) is 7.94. The fourth-order valence-electron chi connectivity index (χ4n) is 5.06. The van der Waals surface area contributed by atoms with Gasteiger partial charge in [-0.3, -0.25) is 14.5 Å². The molecule has 200 valence electrons. The van der Waals surface area contributed by atoms with Gasteiger partial charge >= 0.3 is 6.09 Å². The molecule has 37 heavy (non-hydrogen) atoms. The molecule has 1 saturated heterocycles. The van der Waals surface area contributed by atoms with Gasteiger partial charge in [0.2, 0.25) is 5.91 Å². The van der Waals surface area contributed by atoms with Crippen LogP contribution in [0.25, 0.3) is 0 Å². The van der Waals surface area contributed by atoms with E-state index in [4.69, 9.17) is 4.74 Å². The fourth-order valence-corrected chi connectivity index (χ4v) is 5.51. The van der Waals surface area contributed by atoms with E-state index in [1.165, 1.54) is 12.6 Å². The summed E-state index contributed by atoms with van der Waals surface area (Å²) >= 11 is 3.45. The molecule has 4 rings (SSSR count). The summed E-state index contributed by atoms with van der Waals surface area (Å²) in [6.07, 6.45) is 2.88. The number of hydrogen-bond donors (Lipinski definition) is 1. The zero-order valence-corrected chi connectivity index (χ0v) is 24.2. The van der Waals surface area contributed by atoms with Gasteiger partial charge in [0.15, 0.2) is 6.29 Å². The van der Waals surface area contributed by atoms with Gasteiger partial charge in [-0.2, -0.15) is 0 Å². The van der Waals surface area contributed by atoms with E-state index in [9.17, 15) is 14.4 Å². The molecule has 7 nitrogen and oxygen atoms in total. The molecule has 2 aromatic carbocycles. The third-order valence-electron chi connectivity index (χ3n) is 7.24. The number of benzene rings is 2. The van der Waals surface area contributed by atoms with E-state index >= 15 is 0 Å². The summed E-state index contributed by atoms with van der Waals surface area (Å²) in [5, 5.41) is 0. The first-order valence-corrected chi connectivity index (χ1v) is 13.6. The molecular weight excluding hydrogens is 534 g/mol. The number of nitrogens with two attached hydrogens (primary N) is 1. The van der Waals surface area contributed by atoms with Gasteiger partial charge in [-0.25, -0.2) is 4.79 Å². The maximum absolute atomic E-state index is 13.8. The highest BCUT2D eigenvalue weighted by Gasteiger charge is 2.47. The van der Waals surface area contributed by atoms with Crippen molar-refractivity contribution in [2.75, 3.05) is 25.0 Å². The molecule has 0 radical (unpaired) electrons. The maximum Gasteiger partial charge on any atom is 0.410 e. The summed E-state index contributed by atoms with van der Waals surface area (Å²) < 4.78 is 6.19. The quantitative estimate of drug-likeness (QED) is 0.435. The molecule has 2 amide bonds. The Balaban J connectivity index is 0.00000186. The van der Waals surface area contributed by atoms with E-state index < -0.39 is 11.0 Å². The second-order valence-electron chi connectivity index (χ2n) is 10.6. The first-order chi connectivity index (χ1) is 17.5. The van der Waals surface area contributed by atoms with Crippen molar-refractivity contribution in [1.82, 2.24) is 4.90 Å². The number of carbonyl (C=O) groups is 3. The smallest absolute Gasteiger partial charge is 0.410 e. The Morgan fingerprint density at radius 3 is 2.38 bits per heavy atom. The van der Waals surface area contributed by atoms with Crippen LogP contribution in [0.5, 0.6) is 0 Å². The molecule has 2 aliphatic rings. The second-order valence-corrected chi connectivity index (χ2v) is 11.5. The van der Waals surface area contributed by atoms with E-state index in [-0.39, 0.29) is 12.0 Å². The Hall–Kier alpha value is -2.71. The Morgan fingerprint density at radius 2 is 1.81 bits per heavy atom. The van der Waals surface area contributed by atoms with Crippen molar-refractivity contribution in [2.45, 2.75) is 70.8 Å². The summed E-state index contributed by atoms with van der Waals surface area (Å²) in [5.74, 6) is 0.286. The van der Waals surface area contributed by atoms with Crippen LogP contribution in [0.2, 0.25) is 0 Å². The van der Waals surface area contributed by atoms with Crippen molar-refractivity contribution in [3.05, 3.63) is 57.6 Å². The number of ether oxygens (including phenoxy) is 1. The van der Waals surface area contributed by atoms with Crippen molar-refractivity contribution < 1.29 is 19.1 Å². The van der Waals surface area contributed by atoms with E-state index in [0.29, 0.717) is 41.2 Å². The van der Waals surface area contributed by atoms with E-state index in [0.717, 1.165) is 30.4 Å². The molecule has 0 aliphatic carbocycles. The van der Waals surface area contributed by atoms with Gasteiger partial charge in [-0.1, -0.05) is 25.1 Å². The molecule has 2 N–H and O–H groups in total. The number of nitrogens with zero attached hydrogens (tertiary/aromatic N) is 2. The SMILES string of the molecule is CCC1(C)C(=O)N(c2cccc(Br)c2C=O)c2ccc(C3CCN(C(=O)OC(C)(C)C)CC3)cc21.CN. The zero-order valence-electron chi connectivity index (χ0n) is 22.6. The van der Waals surface area contributed by atoms with Gasteiger partial charge in [0, 0.05) is 17.6 Å². The third kappa shape index (κ3) is 5.60. The lowest BCUT2D eigenvalue weighted by Crippen LogP contribution is -2.41. The molecular formula is C29H38BrN3O4. The summed E-state index contributed by atoms with van der Waals surface area (Å²) in [7, 11) is 1.50. The van der Waals surface area contributed by atoms with Crippen LogP contribution < -0.4 is 10.6 Å². The molecule has 0 bridgehead atoms. The van der Waals surface area contributed by atoms with Gasteiger partial charge in [0.25, 0.3) is 0 Å². The van der Waals surface area contributed by atoms with Crippen LogP contribution in [0.4, 0.5) is 16.2 Å². The van der Waals surface area contributed by atoms with Crippen molar-refractivity contribution in [2.24, 2.45) is 5.73 Å². The normalized spacial score (nSPS) is 19.7. The number of piperidine rings is 1. The topological polar surface area (TPSA) is 92.9 Å². The zero-order chi connectivity index (χ0) is 27.5. The number of likely N-dealkylation sites (tertiary alicyclic amines) is 1. The molecule has 8 heteroatoms. The van der Waals surface area contributed by atoms with Crippen molar-refractivity contribution in [1.29, 1.82) is 0 Å². The van der Waals surface area contributed by atoms with Crippen LogP contribution in [-0.4, -0.2) is 48.9 Å². The lowest BCUT2D eigenvalue weighted by Gasteiger charge is -2.34. The average molecular weight is 573 g/mol. The molecule has 1 unspecified atom stereocenters. The second kappa shape index (κ2) is 11.4. The number of anilines is 2. The van der Waals surface area contributed by atoms with E-state index in [1.54, 1.807) is 15.9 Å². The van der Waals surface area contributed by atoms with Crippen molar-refractivity contribution in [3.8, 4) is 0 Å². The molecule has 2 heterocycles. The lowest BCUT2D eigenvalue weighted by atomic mass is 9.79. The maximum atomic E-state index is 13.8. The Kier molecular flexibility index (Phi) is 8.85. The summed E-state index contributed by atoms with van der Waals surface area (Å²) in [5.41, 5.74) is 7.39. The molecule has 1 fully saturated rings. The van der Waals surface area contributed by atoms with Crippen molar-refractivity contribution in [3.63, 3.8) is 0 Å². The van der Waals surface area contributed by atoms with Crippen LogP contribution in [-0.2, 0) is 14.9 Å². The van der Waals surface area contributed by atoms with Gasteiger partial charge < -0.3 is 15.4 Å². The monoisotopic (exact) mass is 571 g/mol. The Labute approximate surface area is 228 Å². The fraction of sp³-hybridized carbons (Fsp3) is 0.483. The number of fused-ring (bicyclic) bond motifs is 1. The minimum atomic E-state index is -0.676. The summed E-state index contributed by atoms with van der Waals surface area (Å²) in [6, 6.07) is 11.7. The summed E-state index contributed by atoms with van der Waals surface area (Å²) in [4.78, 5) is 41.5. The van der Waals surface area contributed by atoms with Crippen LogP contribution in [0, 0.1) is 0 Å². The van der Waals surface area contributed by atoms with Gasteiger partial charge in [0.1, 0.15) is 5.60 Å². The number of hydrogen-bond acceptors (Lipinski definition) is 5. The van der Waals surface area contributed by atoms with E-state index in [1.807, 2.05) is 52.8 Å². The standard InChI is InChI=1S/C28H33BrN2O4.CH5N/c1-6-28(5)21-16-19(18-12-14-30(15-13-18)26(34)35-27(2,3)4)10-11-24(21)31(25(28)33)23-9-7-8-22(29)20(23)17-32;1-2/h7-11,16-18H,6,12-15H2,1-5H3;2H2,1H3. The van der Waals surface area contributed by atoms with Gasteiger partial charge in [-0.05, 0) is 105 Å². The van der Waals surface area contributed by atoms with Gasteiger partial charge in [-0.15, -0.1) is 0 Å². The van der Waals surface area contributed by atoms with Crippen LogP contribution in [0.3, 0.4) is 0 Å². The van der Waals surface area contributed by atoms with Gasteiger partial charge in [0.05, 0.1) is 22.4 Å². The highest BCUT2D eigenvalue weighted by Crippen LogP contribution is 2.49. The van der Waals surface area contributed by atoms with Crippen LogP contribution >= 0.6 is 15.9 Å². The molecule has 1 atom stereocenters. The molecule has 2 aliphatic heterocycles. The molecule has 0 aromatic heterocycles. The minimum absolute atomic E-state index is 0.0203. The first-order valence-electron chi connectivity index (χ1n) is 12.8. The Morgan fingerprint density at radius 1 is 1.16 bits per heavy atom. The lowest BCUT2D eigenvalue weighted by molar-refractivity contribution is -0.122. The molecule has 0 spiro atoms. The molecule has 2 aromatic rings. The predicted molar refractivity (Wildman–Crippen MR) is 151 cm³/mol. The highest BCUT2D eigenvalue weighted by atomic mass is 79.9. The minimum Gasteiger partial charge on any atom is -0.444 e. The number of amides is 2. The largest absolute Gasteiger partial charge is 0.444 e. The number of rotatable bonds is 4. The number of halogens is 1. The first kappa shape index (κ1) is 28.9. The van der Waals surface area contributed by atoms with E-state index in [2.05, 4.69) is 33.8 Å². The Bertz CT molecular complexity index is 1170. The predicted octanol–water partition coefficient (Wildman–Crippen LogP) is 6.30. The number of carbonyl (C=O) groups excluding carboxylic acids is 3. The van der Waals surface area contributed by atoms with Crippen LogP contribution in [0.1, 0.15) is 81.3 Å².